The summed E-state index contributed by atoms with van der Waals surface area (Å²) in [6.45, 7) is 0. The number of hydrogen-bond donors (Lipinski definition) is 0. The Bertz CT molecular complexity index is 2480. The highest BCUT2D eigenvalue weighted by atomic mass is 15.0. The van der Waals surface area contributed by atoms with Gasteiger partial charge >= 0.3 is 0 Å². The van der Waals surface area contributed by atoms with Crippen LogP contribution in [0.5, 0.6) is 0 Å². The predicted molar refractivity (Wildman–Crippen MR) is 196 cm³/mol. The van der Waals surface area contributed by atoms with Gasteiger partial charge in [0, 0.05) is 33.2 Å². The zero-order chi connectivity index (χ0) is 31.2. The second kappa shape index (κ2) is 11.2. The van der Waals surface area contributed by atoms with Crippen molar-refractivity contribution >= 4 is 32.6 Å². The molecule has 0 fully saturated rings. The lowest BCUT2D eigenvalue weighted by Gasteiger charge is -2.12. The van der Waals surface area contributed by atoms with Crippen LogP contribution in [0.4, 0.5) is 0 Å². The van der Waals surface area contributed by atoms with Gasteiger partial charge in [0.2, 0.25) is 0 Å². The maximum Gasteiger partial charge on any atom is 0.160 e. The third kappa shape index (κ3) is 4.77. The van der Waals surface area contributed by atoms with Gasteiger partial charge in [-0.2, -0.15) is 0 Å². The van der Waals surface area contributed by atoms with Gasteiger partial charge in [0.25, 0.3) is 0 Å². The molecule has 0 bridgehead atoms. The third-order valence-corrected chi connectivity index (χ3v) is 9.01. The average molecular weight is 600 g/mol. The van der Waals surface area contributed by atoms with E-state index in [1.165, 1.54) is 43.7 Å². The Morgan fingerprint density at radius 1 is 0.362 bits per heavy atom. The van der Waals surface area contributed by atoms with Gasteiger partial charge in [-0.3, -0.25) is 0 Å². The van der Waals surface area contributed by atoms with Crippen molar-refractivity contribution in [3.63, 3.8) is 0 Å². The first kappa shape index (κ1) is 27.0. The molecule has 2 heterocycles. The van der Waals surface area contributed by atoms with Crippen molar-refractivity contribution in [2.75, 3.05) is 0 Å². The summed E-state index contributed by atoms with van der Waals surface area (Å²) in [4.78, 5) is 9.99. The van der Waals surface area contributed by atoms with Gasteiger partial charge in [0.05, 0.1) is 22.4 Å². The van der Waals surface area contributed by atoms with Gasteiger partial charge in [-0.15, -0.1) is 0 Å². The minimum atomic E-state index is 0.718. The quantitative estimate of drug-likeness (QED) is 0.197. The van der Waals surface area contributed by atoms with Crippen LogP contribution < -0.4 is 0 Å². The van der Waals surface area contributed by atoms with E-state index in [2.05, 4.69) is 144 Å². The van der Waals surface area contributed by atoms with E-state index in [0.29, 0.717) is 0 Å². The van der Waals surface area contributed by atoms with E-state index in [1.807, 2.05) is 36.4 Å². The van der Waals surface area contributed by atoms with Crippen LogP contribution in [0.2, 0.25) is 0 Å². The molecule has 220 valence electrons. The predicted octanol–water partition coefficient (Wildman–Crippen LogP) is 11.4. The van der Waals surface area contributed by atoms with Gasteiger partial charge in [-0.25, -0.2) is 9.97 Å². The van der Waals surface area contributed by atoms with Crippen molar-refractivity contribution in [2.45, 2.75) is 0 Å². The van der Waals surface area contributed by atoms with Crippen molar-refractivity contribution < 1.29 is 0 Å². The highest BCUT2D eigenvalue weighted by Gasteiger charge is 2.16. The second-order valence-corrected chi connectivity index (χ2v) is 11.9. The zero-order valence-corrected chi connectivity index (χ0v) is 25.6. The van der Waals surface area contributed by atoms with Crippen LogP contribution in [0.3, 0.4) is 0 Å². The van der Waals surface area contributed by atoms with Crippen molar-refractivity contribution in [3.8, 4) is 50.7 Å². The molecule has 47 heavy (non-hydrogen) atoms. The van der Waals surface area contributed by atoms with E-state index in [0.717, 1.165) is 39.6 Å². The highest BCUT2D eigenvalue weighted by Crippen LogP contribution is 2.38. The van der Waals surface area contributed by atoms with Crippen LogP contribution in [0, 0.1) is 0 Å². The summed E-state index contributed by atoms with van der Waals surface area (Å²) in [5, 5.41) is 5.03. The molecule has 0 amide bonds. The first-order chi connectivity index (χ1) is 23.3. The van der Waals surface area contributed by atoms with Crippen molar-refractivity contribution in [1.29, 1.82) is 0 Å². The summed E-state index contributed by atoms with van der Waals surface area (Å²) in [6, 6.07) is 62.0. The fourth-order valence-corrected chi connectivity index (χ4v) is 6.74. The molecule has 2 aromatic heterocycles. The minimum Gasteiger partial charge on any atom is -0.309 e. The molecular weight excluding hydrogens is 571 g/mol. The van der Waals surface area contributed by atoms with Crippen LogP contribution in [0.15, 0.2) is 176 Å². The normalized spacial score (nSPS) is 11.4. The first-order valence-electron chi connectivity index (χ1n) is 15.9. The topological polar surface area (TPSA) is 30.7 Å². The lowest BCUT2D eigenvalue weighted by atomic mass is 9.98. The Kier molecular flexibility index (Phi) is 6.46. The summed E-state index contributed by atoms with van der Waals surface area (Å²) in [5.74, 6) is 0.718. The molecule has 0 spiro atoms. The minimum absolute atomic E-state index is 0.718. The molecule has 9 aromatic rings. The van der Waals surface area contributed by atoms with Crippen molar-refractivity contribution in [2.24, 2.45) is 0 Å². The zero-order valence-electron chi connectivity index (χ0n) is 25.6. The lowest BCUT2D eigenvalue weighted by Crippen LogP contribution is -1.97. The van der Waals surface area contributed by atoms with Gasteiger partial charge < -0.3 is 4.57 Å². The number of para-hydroxylation sites is 1. The molecule has 0 atom stereocenters. The third-order valence-electron chi connectivity index (χ3n) is 9.01. The fourth-order valence-electron chi connectivity index (χ4n) is 6.74. The molecule has 0 radical (unpaired) electrons. The van der Waals surface area contributed by atoms with E-state index < -0.39 is 0 Å². The Morgan fingerprint density at radius 3 is 1.64 bits per heavy atom. The summed E-state index contributed by atoms with van der Waals surface area (Å²) in [7, 11) is 0. The maximum absolute atomic E-state index is 5.04. The van der Waals surface area contributed by atoms with E-state index in [9.17, 15) is 0 Å². The van der Waals surface area contributed by atoms with Crippen molar-refractivity contribution in [1.82, 2.24) is 14.5 Å². The Balaban J connectivity index is 1.17. The van der Waals surface area contributed by atoms with E-state index in [-0.39, 0.29) is 0 Å². The molecule has 0 saturated carbocycles. The van der Waals surface area contributed by atoms with E-state index >= 15 is 0 Å². The van der Waals surface area contributed by atoms with Gasteiger partial charge in [-0.1, -0.05) is 140 Å². The van der Waals surface area contributed by atoms with Crippen molar-refractivity contribution in [3.05, 3.63) is 176 Å². The maximum atomic E-state index is 5.04. The molecule has 0 aliphatic rings. The molecule has 0 N–H and O–H groups in total. The van der Waals surface area contributed by atoms with Crippen LogP contribution in [-0.2, 0) is 0 Å². The monoisotopic (exact) mass is 599 g/mol. The van der Waals surface area contributed by atoms with Crippen LogP contribution in [0.25, 0.3) is 83.3 Å². The summed E-state index contributed by atoms with van der Waals surface area (Å²) >= 11 is 0. The van der Waals surface area contributed by atoms with Gasteiger partial charge in [-0.05, 0) is 58.3 Å². The molecule has 7 aromatic carbocycles. The van der Waals surface area contributed by atoms with E-state index in [4.69, 9.17) is 9.97 Å². The largest absolute Gasteiger partial charge is 0.309 e. The Labute approximate surface area is 273 Å². The first-order valence-corrected chi connectivity index (χ1v) is 15.9. The summed E-state index contributed by atoms with van der Waals surface area (Å²) in [5.41, 5.74) is 10.9. The average Bonchev–Trinajstić information content (AvgIpc) is 3.50. The number of benzene rings is 7. The van der Waals surface area contributed by atoms with E-state index in [1.54, 1.807) is 0 Å². The Morgan fingerprint density at radius 2 is 0.936 bits per heavy atom. The highest BCUT2D eigenvalue weighted by molar-refractivity contribution is 6.21. The van der Waals surface area contributed by atoms with Gasteiger partial charge in [0.15, 0.2) is 5.82 Å². The second-order valence-electron chi connectivity index (χ2n) is 11.9. The van der Waals surface area contributed by atoms with Gasteiger partial charge in [0.1, 0.15) is 0 Å². The number of rotatable bonds is 5. The summed E-state index contributed by atoms with van der Waals surface area (Å²) < 4.78 is 2.38. The molecule has 3 heteroatoms. The summed E-state index contributed by atoms with van der Waals surface area (Å²) in [6.07, 6.45) is 0. The molecule has 0 aliphatic heterocycles. The fraction of sp³-hybridized carbons (Fsp3) is 0. The molecule has 3 nitrogen and oxygen atoms in total. The molecule has 0 aliphatic carbocycles. The number of hydrogen-bond acceptors (Lipinski definition) is 2. The Hall–Kier alpha value is -6.32. The smallest absolute Gasteiger partial charge is 0.160 e. The lowest BCUT2D eigenvalue weighted by molar-refractivity contribution is 1.17. The molecular formula is C44H29N3. The molecule has 9 rings (SSSR count). The van der Waals surface area contributed by atoms with Crippen LogP contribution >= 0.6 is 0 Å². The van der Waals surface area contributed by atoms with Crippen LogP contribution in [-0.4, -0.2) is 14.5 Å². The number of fused-ring (bicyclic) bond motifs is 5. The number of nitrogens with zero attached hydrogens (tertiary/aromatic N) is 3. The SMILES string of the molecule is c1ccc(-c2ccc3c(ccc4c3c3ccccc3n4-c3ccc(-c4cc(-c5ccccc5)nc(-c5ccccc5)n4)cc3)c2)cc1. The molecule has 0 unspecified atom stereocenters. The number of aromatic nitrogens is 3. The van der Waals surface area contributed by atoms with Crippen LogP contribution in [0.1, 0.15) is 0 Å². The molecule has 0 saturated heterocycles. The standard InChI is InChI=1S/C44H29N3/c1-4-12-30(13-5-1)34-22-26-37-35(28-34)23-27-42-43(37)38-18-10-11-19-41(38)47(42)36-24-20-32(21-25-36)40-29-39(31-14-6-2-7-15-31)45-44(46-40)33-16-8-3-9-17-33/h1-29H.